The summed E-state index contributed by atoms with van der Waals surface area (Å²) < 4.78 is 2.93. The van der Waals surface area contributed by atoms with Crippen molar-refractivity contribution in [2.45, 2.75) is 26.1 Å². The van der Waals surface area contributed by atoms with Crippen LogP contribution in [0.15, 0.2) is 95.7 Å². The number of fused-ring (bicyclic) bond motifs is 1. The third kappa shape index (κ3) is 6.25. The number of nitro groups is 1. The quantitative estimate of drug-likeness (QED) is 0.160. The molecule has 0 aliphatic carbocycles. The number of nitrogens with zero attached hydrogens (tertiary/aromatic N) is 6. The van der Waals surface area contributed by atoms with Gasteiger partial charge in [-0.3, -0.25) is 20.0 Å². The predicted octanol–water partition coefficient (Wildman–Crippen LogP) is 5.79. The van der Waals surface area contributed by atoms with Gasteiger partial charge < -0.3 is 4.57 Å². The summed E-state index contributed by atoms with van der Waals surface area (Å²) in [6, 6.07) is 27.4. The van der Waals surface area contributed by atoms with E-state index in [1.165, 1.54) is 11.6 Å². The molecule has 3 aromatic carbocycles. The monoisotopic (exact) mass is 556 g/mol. The first-order chi connectivity index (χ1) is 18.0. The highest BCUT2D eigenvalue weighted by Gasteiger charge is 2.17. The largest absolute Gasteiger partial charge is 0.312 e. The van der Waals surface area contributed by atoms with Crippen LogP contribution in [0, 0.1) is 10.1 Å². The highest BCUT2D eigenvalue weighted by Crippen LogP contribution is 2.20. The topological polar surface area (TPSA) is 90.0 Å². The molecule has 5 rings (SSSR count). The van der Waals surface area contributed by atoms with Crippen LogP contribution in [0.25, 0.3) is 10.9 Å². The molecular weight excluding hydrogens is 532 g/mol. The van der Waals surface area contributed by atoms with E-state index in [1.807, 2.05) is 41.0 Å². The lowest BCUT2D eigenvalue weighted by Gasteiger charge is -2.22. The van der Waals surface area contributed by atoms with E-state index < -0.39 is 0 Å². The van der Waals surface area contributed by atoms with Crippen molar-refractivity contribution < 1.29 is 4.92 Å². The van der Waals surface area contributed by atoms with Crippen molar-refractivity contribution in [1.29, 1.82) is 0 Å². The van der Waals surface area contributed by atoms with Crippen LogP contribution in [-0.4, -0.2) is 36.1 Å². The molecule has 0 atom stereocenters. The number of halogens is 1. The number of aromatic nitrogens is 4. The summed E-state index contributed by atoms with van der Waals surface area (Å²) in [6.45, 7) is 2.29. The number of rotatable bonds is 10. The van der Waals surface area contributed by atoms with E-state index in [0.717, 1.165) is 39.9 Å². The fraction of sp³-hybridized carbons (Fsp3) is 0.179. The van der Waals surface area contributed by atoms with Crippen molar-refractivity contribution >= 4 is 32.5 Å². The van der Waals surface area contributed by atoms with E-state index in [9.17, 15) is 10.1 Å². The zero-order valence-electron chi connectivity index (χ0n) is 20.1. The molecule has 0 saturated carbocycles. The van der Waals surface area contributed by atoms with Crippen LogP contribution >= 0.6 is 15.9 Å². The van der Waals surface area contributed by atoms with Gasteiger partial charge in [-0.05, 0) is 36.2 Å². The van der Waals surface area contributed by atoms with Crippen molar-refractivity contribution in [1.82, 2.24) is 24.6 Å². The molecule has 0 saturated heterocycles. The molecule has 0 spiro atoms. The minimum atomic E-state index is -0.352. The minimum Gasteiger partial charge on any atom is -0.312 e. The molecule has 0 radical (unpaired) electrons. The normalized spacial score (nSPS) is 11.3. The molecule has 0 aliphatic rings. The highest BCUT2D eigenvalue weighted by atomic mass is 79.9. The van der Waals surface area contributed by atoms with Gasteiger partial charge in [-0.15, -0.1) is 10.2 Å². The third-order valence-electron chi connectivity index (χ3n) is 6.26. The van der Waals surface area contributed by atoms with Crippen LogP contribution in [0.1, 0.15) is 22.6 Å². The minimum absolute atomic E-state index is 0.0922. The standard InChI is InChI=1S/C28H25BrN6O2/c29-24-12-9-21(10-13-24)15-16-33(18-25-14-11-22-5-1-3-7-26(22)31-25)19-28-32-30-20-34(28)17-23-6-2-4-8-27(23)35(36)37/h1-14,20H,15-19H2. The van der Waals surface area contributed by atoms with Crippen molar-refractivity contribution in [3.63, 3.8) is 0 Å². The summed E-state index contributed by atoms with van der Waals surface area (Å²) in [5, 5.41) is 21.1. The Morgan fingerprint density at radius 3 is 2.54 bits per heavy atom. The lowest BCUT2D eigenvalue weighted by Crippen LogP contribution is -2.27. The zero-order chi connectivity index (χ0) is 25.6. The van der Waals surface area contributed by atoms with E-state index in [2.05, 4.69) is 61.4 Å². The fourth-order valence-electron chi connectivity index (χ4n) is 4.32. The molecule has 186 valence electrons. The Morgan fingerprint density at radius 2 is 1.70 bits per heavy atom. The summed E-state index contributed by atoms with van der Waals surface area (Å²) in [7, 11) is 0. The first-order valence-electron chi connectivity index (χ1n) is 12.0. The number of benzene rings is 3. The fourth-order valence-corrected chi connectivity index (χ4v) is 4.58. The lowest BCUT2D eigenvalue weighted by atomic mass is 10.1. The van der Waals surface area contributed by atoms with Crippen LogP contribution in [-0.2, 0) is 26.1 Å². The van der Waals surface area contributed by atoms with Crippen LogP contribution in [0.3, 0.4) is 0 Å². The maximum absolute atomic E-state index is 11.5. The number of para-hydroxylation sites is 2. The predicted molar refractivity (Wildman–Crippen MR) is 146 cm³/mol. The van der Waals surface area contributed by atoms with Gasteiger partial charge in [-0.2, -0.15) is 0 Å². The second-order valence-corrected chi connectivity index (χ2v) is 9.76. The van der Waals surface area contributed by atoms with Gasteiger partial charge in [0.05, 0.1) is 29.2 Å². The van der Waals surface area contributed by atoms with Crippen LogP contribution in [0.5, 0.6) is 0 Å². The first-order valence-corrected chi connectivity index (χ1v) is 12.7. The van der Waals surface area contributed by atoms with Crippen LogP contribution < -0.4 is 0 Å². The molecule has 37 heavy (non-hydrogen) atoms. The van der Waals surface area contributed by atoms with Gasteiger partial charge in [-0.1, -0.05) is 70.5 Å². The second-order valence-electron chi connectivity index (χ2n) is 8.84. The summed E-state index contributed by atoms with van der Waals surface area (Å²) >= 11 is 3.50. The Hall–Kier alpha value is -3.95. The summed E-state index contributed by atoms with van der Waals surface area (Å²) in [4.78, 5) is 18.3. The van der Waals surface area contributed by atoms with Crippen molar-refractivity contribution in [2.24, 2.45) is 0 Å². The molecule has 2 aromatic heterocycles. The van der Waals surface area contributed by atoms with Gasteiger partial charge >= 0.3 is 0 Å². The van der Waals surface area contributed by atoms with E-state index >= 15 is 0 Å². The van der Waals surface area contributed by atoms with Crippen LogP contribution in [0.2, 0.25) is 0 Å². The molecule has 0 amide bonds. The Labute approximate surface area is 222 Å². The molecule has 9 heteroatoms. The molecule has 8 nitrogen and oxygen atoms in total. The smallest absolute Gasteiger partial charge is 0.274 e. The Kier molecular flexibility index (Phi) is 7.62. The van der Waals surface area contributed by atoms with Crippen molar-refractivity contribution in [2.75, 3.05) is 6.54 Å². The molecule has 0 bridgehead atoms. The molecule has 2 heterocycles. The Morgan fingerprint density at radius 1 is 0.919 bits per heavy atom. The van der Waals surface area contributed by atoms with Gasteiger partial charge in [0.25, 0.3) is 5.69 Å². The average molecular weight is 557 g/mol. The van der Waals surface area contributed by atoms with E-state index in [-0.39, 0.29) is 10.6 Å². The summed E-state index contributed by atoms with van der Waals surface area (Å²) in [5.74, 6) is 0.745. The van der Waals surface area contributed by atoms with E-state index in [4.69, 9.17) is 4.98 Å². The number of pyridine rings is 1. The zero-order valence-corrected chi connectivity index (χ0v) is 21.7. The molecule has 0 unspecified atom stereocenters. The van der Waals surface area contributed by atoms with Crippen molar-refractivity contribution in [3.05, 3.63) is 128 Å². The summed E-state index contributed by atoms with van der Waals surface area (Å²) in [5.41, 5.74) is 3.88. The molecular formula is C28H25BrN6O2. The van der Waals surface area contributed by atoms with E-state index in [1.54, 1.807) is 18.5 Å². The van der Waals surface area contributed by atoms with Gasteiger partial charge in [0.15, 0.2) is 0 Å². The molecule has 5 aromatic rings. The number of hydrogen-bond acceptors (Lipinski definition) is 6. The maximum Gasteiger partial charge on any atom is 0.274 e. The van der Waals surface area contributed by atoms with Gasteiger partial charge in [-0.25, -0.2) is 0 Å². The molecule has 0 fully saturated rings. The van der Waals surface area contributed by atoms with Crippen LogP contribution in [0.4, 0.5) is 5.69 Å². The molecule has 0 aliphatic heterocycles. The summed E-state index contributed by atoms with van der Waals surface area (Å²) in [6.07, 6.45) is 2.49. The maximum atomic E-state index is 11.5. The average Bonchev–Trinajstić information content (AvgIpc) is 3.34. The Bertz CT molecular complexity index is 1520. The number of nitro benzene ring substituents is 1. The number of hydrogen-bond donors (Lipinski definition) is 0. The second kappa shape index (κ2) is 11.4. The SMILES string of the molecule is O=[N+]([O-])c1ccccc1Cn1cnnc1CN(CCc1ccc(Br)cc1)Cc1ccc2ccccc2n1. The van der Waals surface area contributed by atoms with Gasteiger partial charge in [0.1, 0.15) is 12.2 Å². The van der Waals surface area contributed by atoms with E-state index in [0.29, 0.717) is 25.2 Å². The highest BCUT2D eigenvalue weighted by molar-refractivity contribution is 9.10. The lowest BCUT2D eigenvalue weighted by molar-refractivity contribution is -0.385. The third-order valence-corrected chi connectivity index (χ3v) is 6.79. The first kappa shape index (κ1) is 24.7. The van der Waals surface area contributed by atoms with Crippen molar-refractivity contribution in [3.8, 4) is 0 Å². The van der Waals surface area contributed by atoms with Gasteiger partial charge in [0.2, 0.25) is 0 Å². The van der Waals surface area contributed by atoms with Gasteiger partial charge in [0, 0.05) is 34.6 Å². The Balaban J connectivity index is 1.38. The molecule has 0 N–H and O–H groups in total.